The van der Waals surface area contributed by atoms with Crippen LogP contribution in [0.4, 0.5) is 0 Å². The van der Waals surface area contributed by atoms with E-state index in [9.17, 15) is 0 Å². The second kappa shape index (κ2) is 8.16. The van der Waals surface area contributed by atoms with Gasteiger partial charge < -0.3 is 11.1 Å². The van der Waals surface area contributed by atoms with Crippen molar-refractivity contribution in [2.24, 2.45) is 16.6 Å². The first-order chi connectivity index (χ1) is 7.47. The molecule has 3 N–H and O–H groups in total. The third kappa shape index (κ3) is 8.69. The van der Waals surface area contributed by atoms with Crippen LogP contribution in [0.25, 0.3) is 0 Å². The van der Waals surface area contributed by atoms with E-state index in [-0.39, 0.29) is 29.5 Å². The first-order valence-corrected chi connectivity index (χ1v) is 6.55. The molecule has 17 heavy (non-hydrogen) atoms. The maximum absolute atomic E-state index is 5.79. The van der Waals surface area contributed by atoms with E-state index in [1.165, 1.54) is 38.5 Å². The molecule has 1 saturated carbocycles. The van der Waals surface area contributed by atoms with Gasteiger partial charge in [-0.05, 0) is 39.5 Å². The van der Waals surface area contributed by atoms with Gasteiger partial charge in [0.05, 0.1) is 0 Å². The van der Waals surface area contributed by atoms with E-state index in [0.717, 1.165) is 12.5 Å². The summed E-state index contributed by atoms with van der Waals surface area (Å²) in [6.45, 7) is 7.14. The highest BCUT2D eigenvalue weighted by atomic mass is 127. The third-order valence-electron chi connectivity index (χ3n) is 3.03. The Hall–Kier alpha value is 0. The Morgan fingerprint density at radius 1 is 1.29 bits per heavy atom. The first-order valence-electron chi connectivity index (χ1n) is 6.55. The summed E-state index contributed by atoms with van der Waals surface area (Å²) in [5, 5.41) is 3.18. The number of halogens is 1. The van der Waals surface area contributed by atoms with Crippen LogP contribution in [0.1, 0.15) is 59.3 Å². The summed E-state index contributed by atoms with van der Waals surface area (Å²) in [5.74, 6) is 1.55. The Morgan fingerprint density at radius 2 is 1.88 bits per heavy atom. The van der Waals surface area contributed by atoms with Gasteiger partial charge in [0.25, 0.3) is 0 Å². The fourth-order valence-corrected chi connectivity index (χ4v) is 2.30. The summed E-state index contributed by atoms with van der Waals surface area (Å²) in [4.78, 5) is 4.35. The normalized spacial score (nSPS) is 17.9. The molecule has 0 heterocycles. The number of nitrogens with one attached hydrogen (secondary N) is 1. The predicted molar refractivity (Wildman–Crippen MR) is 86.0 cm³/mol. The van der Waals surface area contributed by atoms with Gasteiger partial charge in [0.1, 0.15) is 0 Å². The standard InChI is InChI=1S/C13H27N3.HI/c1-13(2,3)16-12(14)15-10-6-9-11-7-4-5-8-11;/h11H,4-10H2,1-3H3,(H3,14,15,16);1H. The number of nitrogens with zero attached hydrogens (tertiary/aromatic N) is 1. The molecular formula is C13H28IN3. The average Bonchev–Trinajstić information content (AvgIpc) is 2.62. The van der Waals surface area contributed by atoms with Crippen molar-refractivity contribution >= 4 is 29.9 Å². The molecule has 3 nitrogen and oxygen atoms in total. The Labute approximate surface area is 123 Å². The third-order valence-corrected chi connectivity index (χ3v) is 3.03. The van der Waals surface area contributed by atoms with Crippen LogP contribution < -0.4 is 11.1 Å². The molecule has 1 aliphatic carbocycles. The zero-order valence-electron chi connectivity index (χ0n) is 11.5. The zero-order chi connectivity index (χ0) is 12.0. The smallest absolute Gasteiger partial charge is 0.188 e. The summed E-state index contributed by atoms with van der Waals surface area (Å²) >= 11 is 0. The summed E-state index contributed by atoms with van der Waals surface area (Å²) in [5.41, 5.74) is 5.81. The molecular weight excluding hydrogens is 325 g/mol. The Bertz CT molecular complexity index is 227. The summed E-state index contributed by atoms with van der Waals surface area (Å²) < 4.78 is 0. The largest absolute Gasteiger partial charge is 0.370 e. The quantitative estimate of drug-likeness (QED) is 0.353. The molecule has 0 aromatic heterocycles. The van der Waals surface area contributed by atoms with Crippen molar-refractivity contribution in [2.45, 2.75) is 64.8 Å². The molecule has 0 spiro atoms. The van der Waals surface area contributed by atoms with Crippen LogP contribution in [-0.2, 0) is 0 Å². The van der Waals surface area contributed by atoms with Gasteiger partial charge in [0, 0.05) is 12.1 Å². The topological polar surface area (TPSA) is 50.4 Å². The molecule has 0 bridgehead atoms. The van der Waals surface area contributed by atoms with Gasteiger partial charge in [0.2, 0.25) is 0 Å². The Balaban J connectivity index is 0.00000256. The van der Waals surface area contributed by atoms with Crippen LogP contribution in [-0.4, -0.2) is 18.0 Å². The number of nitrogens with two attached hydrogens (primary N) is 1. The molecule has 1 rings (SSSR count). The van der Waals surface area contributed by atoms with Crippen LogP contribution >= 0.6 is 24.0 Å². The minimum absolute atomic E-state index is 0. The number of guanidine groups is 1. The highest BCUT2D eigenvalue weighted by molar-refractivity contribution is 14.0. The lowest BCUT2D eigenvalue weighted by Crippen LogP contribution is -2.45. The molecule has 0 aromatic carbocycles. The first kappa shape index (κ1) is 17.0. The van der Waals surface area contributed by atoms with Crippen molar-refractivity contribution in [3.05, 3.63) is 0 Å². The van der Waals surface area contributed by atoms with Crippen molar-refractivity contribution in [1.29, 1.82) is 0 Å². The Morgan fingerprint density at radius 3 is 2.41 bits per heavy atom. The molecule has 0 radical (unpaired) electrons. The predicted octanol–water partition coefficient (Wildman–Crippen LogP) is 3.28. The molecule has 4 heteroatoms. The maximum atomic E-state index is 5.79. The van der Waals surface area contributed by atoms with Crippen LogP contribution in [0.15, 0.2) is 4.99 Å². The maximum Gasteiger partial charge on any atom is 0.188 e. The lowest BCUT2D eigenvalue weighted by molar-refractivity contribution is 0.485. The summed E-state index contributed by atoms with van der Waals surface area (Å²) in [7, 11) is 0. The highest BCUT2D eigenvalue weighted by Crippen LogP contribution is 2.28. The van der Waals surface area contributed by atoms with Crippen molar-refractivity contribution in [3.63, 3.8) is 0 Å². The fourth-order valence-electron chi connectivity index (χ4n) is 2.30. The molecule has 0 aromatic rings. The number of hydrogen-bond acceptors (Lipinski definition) is 1. The van der Waals surface area contributed by atoms with E-state index >= 15 is 0 Å². The van der Waals surface area contributed by atoms with Gasteiger partial charge in [-0.2, -0.15) is 0 Å². The van der Waals surface area contributed by atoms with Gasteiger partial charge in [-0.1, -0.05) is 25.7 Å². The van der Waals surface area contributed by atoms with Crippen LogP contribution in [0.3, 0.4) is 0 Å². The zero-order valence-corrected chi connectivity index (χ0v) is 13.8. The van der Waals surface area contributed by atoms with Crippen molar-refractivity contribution in [2.75, 3.05) is 6.54 Å². The average molecular weight is 353 g/mol. The van der Waals surface area contributed by atoms with Crippen molar-refractivity contribution < 1.29 is 0 Å². The van der Waals surface area contributed by atoms with E-state index in [4.69, 9.17) is 5.73 Å². The van der Waals surface area contributed by atoms with Crippen molar-refractivity contribution in [1.82, 2.24) is 5.32 Å². The van der Waals surface area contributed by atoms with Crippen LogP contribution in [0.2, 0.25) is 0 Å². The monoisotopic (exact) mass is 353 g/mol. The van der Waals surface area contributed by atoms with Gasteiger partial charge >= 0.3 is 0 Å². The number of rotatable bonds is 4. The minimum Gasteiger partial charge on any atom is -0.370 e. The SMILES string of the molecule is CC(C)(C)NC(N)=NCCCC1CCCC1.I. The van der Waals surface area contributed by atoms with Gasteiger partial charge in [-0.3, -0.25) is 4.99 Å². The van der Waals surface area contributed by atoms with E-state index in [0.29, 0.717) is 5.96 Å². The van der Waals surface area contributed by atoms with E-state index in [1.807, 2.05) is 0 Å². The molecule has 102 valence electrons. The molecule has 0 atom stereocenters. The highest BCUT2D eigenvalue weighted by Gasteiger charge is 2.14. The van der Waals surface area contributed by atoms with E-state index in [2.05, 4.69) is 31.1 Å². The molecule has 0 amide bonds. The van der Waals surface area contributed by atoms with Gasteiger partial charge in [-0.25, -0.2) is 0 Å². The minimum atomic E-state index is 0. The van der Waals surface area contributed by atoms with Crippen molar-refractivity contribution in [3.8, 4) is 0 Å². The molecule has 0 aliphatic heterocycles. The van der Waals surface area contributed by atoms with Crippen LogP contribution in [0, 0.1) is 5.92 Å². The van der Waals surface area contributed by atoms with E-state index < -0.39 is 0 Å². The lowest BCUT2D eigenvalue weighted by atomic mass is 10.0. The van der Waals surface area contributed by atoms with E-state index in [1.54, 1.807) is 0 Å². The molecule has 0 unspecified atom stereocenters. The number of hydrogen-bond donors (Lipinski definition) is 2. The van der Waals surface area contributed by atoms with Gasteiger partial charge in [-0.15, -0.1) is 24.0 Å². The van der Waals surface area contributed by atoms with Crippen LogP contribution in [0.5, 0.6) is 0 Å². The fraction of sp³-hybridized carbons (Fsp3) is 0.923. The second-order valence-electron chi connectivity index (χ2n) is 5.93. The summed E-state index contributed by atoms with van der Waals surface area (Å²) in [6, 6.07) is 0. The molecule has 1 aliphatic rings. The lowest BCUT2D eigenvalue weighted by Gasteiger charge is -2.21. The Kier molecular flexibility index (Phi) is 8.16. The molecule has 1 fully saturated rings. The number of aliphatic imine (C=N–C) groups is 1. The summed E-state index contributed by atoms with van der Waals surface area (Å²) in [6.07, 6.45) is 8.23. The van der Waals surface area contributed by atoms with Gasteiger partial charge in [0.15, 0.2) is 5.96 Å². The molecule has 0 saturated heterocycles. The second-order valence-corrected chi connectivity index (χ2v) is 5.93.